The SMILES string of the molecule is COc1ccc(/C(=C/CC(=O)O)C(C)(C)C(=O)O)cc1. The van der Waals surface area contributed by atoms with Crippen molar-refractivity contribution in [1.82, 2.24) is 0 Å². The molecule has 0 aliphatic heterocycles. The highest BCUT2D eigenvalue weighted by Crippen LogP contribution is 2.35. The fourth-order valence-corrected chi connectivity index (χ4v) is 1.81. The Balaban J connectivity index is 3.26. The number of carbonyl (C=O) groups is 2. The average molecular weight is 278 g/mol. The zero-order chi connectivity index (χ0) is 15.3. The highest BCUT2D eigenvalue weighted by molar-refractivity contribution is 5.92. The van der Waals surface area contributed by atoms with Gasteiger partial charge in [0.15, 0.2) is 0 Å². The lowest BCUT2D eigenvalue weighted by molar-refractivity contribution is -0.143. The minimum absolute atomic E-state index is 0.224. The molecule has 20 heavy (non-hydrogen) atoms. The minimum atomic E-state index is -1.18. The van der Waals surface area contributed by atoms with Crippen molar-refractivity contribution in [3.05, 3.63) is 35.9 Å². The number of benzene rings is 1. The Hall–Kier alpha value is -2.30. The van der Waals surface area contributed by atoms with Crippen LogP contribution in [0.4, 0.5) is 0 Å². The number of carboxylic acid groups (broad SMARTS) is 2. The molecule has 0 aliphatic carbocycles. The van der Waals surface area contributed by atoms with Crippen LogP contribution in [0.3, 0.4) is 0 Å². The molecule has 0 saturated carbocycles. The van der Waals surface area contributed by atoms with Crippen molar-refractivity contribution in [3.63, 3.8) is 0 Å². The number of methoxy groups -OCH3 is 1. The first-order valence-corrected chi connectivity index (χ1v) is 6.09. The molecule has 0 heterocycles. The van der Waals surface area contributed by atoms with E-state index >= 15 is 0 Å². The summed E-state index contributed by atoms with van der Waals surface area (Å²) in [7, 11) is 1.54. The molecule has 0 bridgehead atoms. The summed E-state index contributed by atoms with van der Waals surface area (Å²) in [5.74, 6) is -1.36. The summed E-state index contributed by atoms with van der Waals surface area (Å²) < 4.78 is 5.05. The first kappa shape index (κ1) is 15.8. The van der Waals surface area contributed by atoms with Gasteiger partial charge in [0.05, 0.1) is 18.9 Å². The van der Waals surface area contributed by atoms with Gasteiger partial charge in [0, 0.05) is 0 Å². The molecule has 0 amide bonds. The lowest BCUT2D eigenvalue weighted by Gasteiger charge is -2.24. The fraction of sp³-hybridized carbons (Fsp3) is 0.333. The van der Waals surface area contributed by atoms with Crippen LogP contribution < -0.4 is 4.74 Å². The van der Waals surface area contributed by atoms with Gasteiger partial charge in [-0.2, -0.15) is 0 Å². The second-order valence-electron chi connectivity index (χ2n) is 4.87. The van der Waals surface area contributed by atoms with E-state index < -0.39 is 17.4 Å². The zero-order valence-corrected chi connectivity index (χ0v) is 11.7. The Morgan fingerprint density at radius 1 is 1.20 bits per heavy atom. The Morgan fingerprint density at radius 2 is 1.75 bits per heavy atom. The largest absolute Gasteiger partial charge is 0.497 e. The summed E-state index contributed by atoms with van der Waals surface area (Å²) in [5.41, 5.74) is -0.0428. The molecule has 108 valence electrons. The van der Waals surface area contributed by atoms with E-state index in [2.05, 4.69) is 0 Å². The maximum atomic E-state index is 11.4. The minimum Gasteiger partial charge on any atom is -0.497 e. The van der Waals surface area contributed by atoms with Crippen LogP contribution in [0.1, 0.15) is 25.8 Å². The molecule has 0 saturated heterocycles. The Labute approximate surface area is 117 Å². The van der Waals surface area contributed by atoms with Gasteiger partial charge >= 0.3 is 11.9 Å². The van der Waals surface area contributed by atoms with Crippen molar-refractivity contribution in [2.75, 3.05) is 7.11 Å². The molecule has 1 aromatic rings. The first-order valence-electron chi connectivity index (χ1n) is 6.09. The molecule has 1 aromatic carbocycles. The van der Waals surface area contributed by atoms with E-state index in [9.17, 15) is 14.7 Å². The maximum absolute atomic E-state index is 11.4. The van der Waals surface area contributed by atoms with Crippen LogP contribution in [-0.4, -0.2) is 29.3 Å². The topological polar surface area (TPSA) is 83.8 Å². The van der Waals surface area contributed by atoms with Crippen LogP contribution in [0.5, 0.6) is 5.75 Å². The van der Waals surface area contributed by atoms with Gasteiger partial charge in [0.1, 0.15) is 5.75 Å². The molecule has 1 rings (SSSR count). The zero-order valence-electron chi connectivity index (χ0n) is 11.7. The molecule has 2 N–H and O–H groups in total. The molecule has 0 spiro atoms. The van der Waals surface area contributed by atoms with Crippen molar-refractivity contribution >= 4 is 17.5 Å². The van der Waals surface area contributed by atoms with Crippen LogP contribution in [-0.2, 0) is 9.59 Å². The molecule has 0 aliphatic rings. The molecule has 0 radical (unpaired) electrons. The standard InChI is InChI=1S/C15H18O5/c1-15(2,14(18)19)12(8-9-13(16)17)10-4-6-11(20-3)7-5-10/h4-8H,9H2,1-3H3,(H,16,17)(H,18,19)/b12-8-. The Kier molecular flexibility index (Phi) is 4.91. The maximum Gasteiger partial charge on any atom is 0.313 e. The van der Waals surface area contributed by atoms with Gasteiger partial charge in [-0.05, 0) is 37.1 Å². The second kappa shape index (κ2) is 6.23. The number of hydrogen-bond acceptors (Lipinski definition) is 3. The first-order chi connectivity index (χ1) is 9.28. The normalized spacial score (nSPS) is 12.1. The summed E-state index contributed by atoms with van der Waals surface area (Å²) in [6.45, 7) is 3.10. The molecule has 5 heteroatoms. The summed E-state index contributed by atoms with van der Waals surface area (Å²) in [5, 5.41) is 18.1. The van der Waals surface area contributed by atoms with E-state index in [4.69, 9.17) is 9.84 Å². The number of rotatable bonds is 6. The number of hydrogen-bond donors (Lipinski definition) is 2. The molecular formula is C15H18O5. The number of aliphatic carboxylic acids is 2. The van der Waals surface area contributed by atoms with E-state index in [0.29, 0.717) is 16.9 Å². The predicted octanol–water partition coefficient (Wildman–Crippen LogP) is 2.66. The van der Waals surface area contributed by atoms with E-state index in [0.717, 1.165) is 0 Å². The number of carboxylic acids is 2. The summed E-state index contributed by atoms with van der Waals surface area (Å²) in [4.78, 5) is 22.1. The van der Waals surface area contributed by atoms with Gasteiger partial charge in [-0.1, -0.05) is 18.2 Å². The van der Waals surface area contributed by atoms with Crippen LogP contribution >= 0.6 is 0 Å². The van der Waals surface area contributed by atoms with Crippen molar-refractivity contribution in [1.29, 1.82) is 0 Å². The summed E-state index contributed by atoms with van der Waals surface area (Å²) in [6.07, 6.45) is 1.22. The van der Waals surface area contributed by atoms with Crippen LogP contribution in [0.25, 0.3) is 5.57 Å². The summed E-state index contributed by atoms with van der Waals surface area (Å²) in [6, 6.07) is 6.86. The van der Waals surface area contributed by atoms with Gasteiger partial charge < -0.3 is 14.9 Å². The molecular weight excluding hydrogens is 260 g/mol. The van der Waals surface area contributed by atoms with Gasteiger partial charge in [0.2, 0.25) is 0 Å². The van der Waals surface area contributed by atoms with Crippen molar-refractivity contribution in [2.45, 2.75) is 20.3 Å². The van der Waals surface area contributed by atoms with E-state index in [1.54, 1.807) is 38.1 Å². The summed E-state index contributed by atoms with van der Waals surface area (Å²) >= 11 is 0. The van der Waals surface area contributed by atoms with E-state index in [-0.39, 0.29) is 6.42 Å². The van der Waals surface area contributed by atoms with Crippen LogP contribution in [0.2, 0.25) is 0 Å². The van der Waals surface area contributed by atoms with Crippen molar-refractivity contribution in [3.8, 4) is 5.75 Å². The highest BCUT2D eigenvalue weighted by Gasteiger charge is 2.32. The smallest absolute Gasteiger partial charge is 0.313 e. The molecule has 0 unspecified atom stereocenters. The second-order valence-corrected chi connectivity index (χ2v) is 4.87. The van der Waals surface area contributed by atoms with Gasteiger partial charge in [-0.3, -0.25) is 9.59 Å². The molecule has 0 atom stereocenters. The third-order valence-electron chi connectivity index (χ3n) is 3.09. The van der Waals surface area contributed by atoms with E-state index in [1.165, 1.54) is 13.2 Å². The lowest BCUT2D eigenvalue weighted by Crippen LogP contribution is -2.25. The fourth-order valence-electron chi connectivity index (χ4n) is 1.81. The quantitative estimate of drug-likeness (QED) is 0.835. The predicted molar refractivity (Wildman–Crippen MR) is 74.6 cm³/mol. The van der Waals surface area contributed by atoms with Gasteiger partial charge in [-0.15, -0.1) is 0 Å². The molecule has 5 nitrogen and oxygen atoms in total. The Morgan fingerprint density at radius 3 is 2.15 bits per heavy atom. The number of ether oxygens (including phenoxy) is 1. The van der Waals surface area contributed by atoms with Gasteiger partial charge in [0.25, 0.3) is 0 Å². The monoisotopic (exact) mass is 278 g/mol. The third-order valence-corrected chi connectivity index (χ3v) is 3.09. The van der Waals surface area contributed by atoms with E-state index in [1.807, 2.05) is 0 Å². The lowest BCUT2D eigenvalue weighted by atomic mass is 9.79. The average Bonchev–Trinajstić information content (AvgIpc) is 2.38. The Bertz CT molecular complexity index is 526. The van der Waals surface area contributed by atoms with Crippen LogP contribution in [0.15, 0.2) is 30.3 Å². The van der Waals surface area contributed by atoms with Crippen molar-refractivity contribution < 1.29 is 24.5 Å². The molecule has 0 aromatic heterocycles. The molecule has 0 fully saturated rings. The third kappa shape index (κ3) is 3.60. The van der Waals surface area contributed by atoms with Gasteiger partial charge in [-0.25, -0.2) is 0 Å². The van der Waals surface area contributed by atoms with Crippen molar-refractivity contribution in [2.24, 2.45) is 5.41 Å². The van der Waals surface area contributed by atoms with Crippen LogP contribution in [0, 0.1) is 5.41 Å². The highest BCUT2D eigenvalue weighted by atomic mass is 16.5.